The number of fused-ring (bicyclic) bond motifs is 3. The van der Waals surface area contributed by atoms with E-state index in [4.69, 9.17) is 0 Å². The number of carbonyl (C=O) groups is 3. The molecular formula is C39H29NO3S. The molecule has 0 unspecified atom stereocenters. The van der Waals surface area contributed by atoms with Crippen LogP contribution in [0.3, 0.4) is 0 Å². The molecule has 44 heavy (non-hydrogen) atoms. The molecule has 0 aliphatic heterocycles. The summed E-state index contributed by atoms with van der Waals surface area (Å²) >= 11 is 1.62. The molecule has 2 aliphatic carbocycles. The Kier molecular flexibility index (Phi) is 6.49. The van der Waals surface area contributed by atoms with Crippen LogP contribution in [0.1, 0.15) is 80.4 Å². The molecule has 6 aromatic rings. The fourth-order valence-electron chi connectivity index (χ4n) is 6.84. The Morgan fingerprint density at radius 3 is 2.02 bits per heavy atom. The lowest BCUT2D eigenvalue weighted by atomic mass is 9.84. The molecule has 2 heterocycles. The van der Waals surface area contributed by atoms with Crippen LogP contribution in [-0.2, 0) is 0 Å². The third kappa shape index (κ3) is 4.47. The van der Waals surface area contributed by atoms with Gasteiger partial charge in [-0.1, -0.05) is 86.0 Å². The number of hydrogen-bond donors (Lipinski definition) is 0. The molecule has 4 aromatic carbocycles. The van der Waals surface area contributed by atoms with Gasteiger partial charge in [-0.15, -0.1) is 11.3 Å². The molecule has 2 aromatic heterocycles. The smallest absolute Gasteiger partial charge is 0.262 e. The highest BCUT2D eigenvalue weighted by molar-refractivity contribution is 7.22. The molecule has 0 N–H and O–H groups in total. The van der Waals surface area contributed by atoms with Crippen LogP contribution in [-0.4, -0.2) is 22.0 Å². The van der Waals surface area contributed by atoms with E-state index < -0.39 is 0 Å². The molecule has 0 spiro atoms. The van der Waals surface area contributed by atoms with Crippen LogP contribution in [0.15, 0.2) is 109 Å². The van der Waals surface area contributed by atoms with E-state index in [9.17, 15) is 14.4 Å². The fourth-order valence-corrected chi connectivity index (χ4v) is 7.94. The van der Waals surface area contributed by atoms with Gasteiger partial charge in [-0.05, 0) is 83.1 Å². The molecule has 5 heteroatoms. The largest absolute Gasteiger partial charge is 0.288 e. The maximum atomic E-state index is 14.0. The second kappa shape index (κ2) is 10.7. The van der Waals surface area contributed by atoms with Gasteiger partial charge in [0.15, 0.2) is 11.6 Å². The van der Waals surface area contributed by atoms with Crippen molar-refractivity contribution >= 4 is 55.9 Å². The summed E-state index contributed by atoms with van der Waals surface area (Å²) in [7, 11) is 0. The molecule has 1 fully saturated rings. The van der Waals surface area contributed by atoms with Gasteiger partial charge in [0.2, 0.25) is 0 Å². The third-order valence-corrected chi connectivity index (χ3v) is 10.3. The van der Waals surface area contributed by atoms with Crippen molar-refractivity contribution in [1.82, 2.24) is 4.57 Å². The quantitative estimate of drug-likeness (QED) is 0.151. The summed E-state index contributed by atoms with van der Waals surface area (Å²) in [5.41, 5.74) is 5.26. The molecule has 4 nitrogen and oxygen atoms in total. The van der Waals surface area contributed by atoms with E-state index >= 15 is 0 Å². The first-order valence-electron chi connectivity index (χ1n) is 15.2. The van der Waals surface area contributed by atoms with E-state index in [1.807, 2.05) is 48.5 Å². The third-order valence-electron chi connectivity index (χ3n) is 9.17. The van der Waals surface area contributed by atoms with Crippen LogP contribution in [0, 0.1) is 0 Å². The van der Waals surface area contributed by atoms with Crippen LogP contribution in [0.2, 0.25) is 0 Å². The van der Waals surface area contributed by atoms with Gasteiger partial charge >= 0.3 is 0 Å². The van der Waals surface area contributed by atoms with Crippen LogP contribution in [0.25, 0.3) is 37.5 Å². The molecule has 0 bridgehead atoms. The number of hydrogen-bond acceptors (Lipinski definition) is 4. The Morgan fingerprint density at radius 1 is 0.727 bits per heavy atom. The number of thiophene rings is 1. The Balaban J connectivity index is 1.21. The highest BCUT2D eigenvalue weighted by Crippen LogP contribution is 2.39. The number of aromatic nitrogens is 1. The van der Waals surface area contributed by atoms with E-state index in [0.29, 0.717) is 28.3 Å². The van der Waals surface area contributed by atoms with E-state index in [-0.39, 0.29) is 23.0 Å². The van der Waals surface area contributed by atoms with Crippen LogP contribution in [0.5, 0.6) is 0 Å². The predicted molar refractivity (Wildman–Crippen MR) is 178 cm³/mol. The minimum Gasteiger partial charge on any atom is -0.288 e. The number of carbonyl (C=O) groups excluding carboxylic acids is 3. The summed E-state index contributed by atoms with van der Waals surface area (Å²) in [4.78, 5) is 42.2. The molecule has 8 rings (SSSR count). The highest BCUT2D eigenvalue weighted by atomic mass is 32.1. The van der Waals surface area contributed by atoms with Gasteiger partial charge in [-0.2, -0.15) is 0 Å². The van der Waals surface area contributed by atoms with Gasteiger partial charge in [0, 0.05) is 21.6 Å². The van der Waals surface area contributed by atoms with Gasteiger partial charge in [-0.25, -0.2) is 0 Å². The first-order valence-corrected chi connectivity index (χ1v) is 16.1. The Hall–Kier alpha value is -4.87. The summed E-state index contributed by atoms with van der Waals surface area (Å²) in [6.07, 6.45) is 8.07. The lowest BCUT2D eigenvalue weighted by molar-refractivity contribution is 0.0958. The van der Waals surface area contributed by atoms with Crippen molar-refractivity contribution in [2.75, 3.05) is 0 Å². The molecule has 0 radical (unpaired) electrons. The Labute approximate surface area is 259 Å². The number of Topliss-reactive ketones (excluding diaryl/α,β-unsaturated/α-hetero) is 2. The Bertz CT molecular complexity index is 2080. The summed E-state index contributed by atoms with van der Waals surface area (Å²) in [5, 5.41) is 1.83. The number of ketones is 2. The molecule has 1 saturated carbocycles. The van der Waals surface area contributed by atoms with Crippen molar-refractivity contribution < 1.29 is 14.4 Å². The average Bonchev–Trinajstić information content (AvgIpc) is 3.70. The van der Waals surface area contributed by atoms with Crippen molar-refractivity contribution in [1.29, 1.82) is 0 Å². The second-order valence-corrected chi connectivity index (χ2v) is 12.9. The number of rotatable bonds is 4. The lowest BCUT2D eigenvalue weighted by Crippen LogP contribution is -2.13. The molecule has 0 saturated heterocycles. The number of benzene rings is 4. The molecule has 0 amide bonds. The van der Waals surface area contributed by atoms with Gasteiger partial charge in [0.05, 0.1) is 21.5 Å². The average molecular weight is 592 g/mol. The van der Waals surface area contributed by atoms with E-state index in [2.05, 4.69) is 30.3 Å². The Morgan fingerprint density at radius 2 is 1.36 bits per heavy atom. The topological polar surface area (TPSA) is 56.1 Å². The van der Waals surface area contributed by atoms with E-state index in [0.717, 1.165) is 31.4 Å². The van der Waals surface area contributed by atoms with Crippen LogP contribution < -0.4 is 0 Å². The maximum Gasteiger partial charge on any atom is 0.262 e. The van der Waals surface area contributed by atoms with Gasteiger partial charge < -0.3 is 0 Å². The zero-order chi connectivity index (χ0) is 29.8. The molecule has 0 atom stereocenters. The summed E-state index contributed by atoms with van der Waals surface area (Å²) < 4.78 is 2.57. The first-order chi connectivity index (χ1) is 21.5. The van der Waals surface area contributed by atoms with Gasteiger partial charge in [-0.3, -0.25) is 19.0 Å². The van der Waals surface area contributed by atoms with Crippen molar-refractivity contribution in [2.24, 2.45) is 0 Å². The standard InChI is InChI=1S/C39H29NO3S/c41-37-31-19-28-13-7-8-14-29(28)20-32(31)38(42)33(37)21-30-22-36-34(40(30)39(43)27-11-5-2-6-12-27)23-35(44-36)26-17-15-25(16-18-26)24-9-3-1-4-10-24/h2,5-8,11-24H,1,3-4,9-10H2. The van der Waals surface area contributed by atoms with Crippen LogP contribution in [0.4, 0.5) is 0 Å². The summed E-state index contributed by atoms with van der Waals surface area (Å²) in [5.74, 6) is -0.171. The van der Waals surface area contributed by atoms with Crippen molar-refractivity contribution in [3.8, 4) is 10.4 Å². The fraction of sp³-hybridized carbons (Fsp3) is 0.154. The second-order valence-electron chi connectivity index (χ2n) is 11.9. The van der Waals surface area contributed by atoms with Crippen molar-refractivity contribution in [3.05, 3.63) is 137 Å². The van der Waals surface area contributed by atoms with Crippen LogP contribution >= 0.6 is 11.3 Å². The maximum absolute atomic E-state index is 14.0. The monoisotopic (exact) mass is 591 g/mol. The SMILES string of the molecule is O=C1C(=Cc2cc3sc(-c4ccc(C5CCCCC5)cc4)cc3n2C(=O)c2ccccc2)C(=O)c2cc3ccccc3cc21. The zero-order valence-electron chi connectivity index (χ0n) is 24.1. The summed E-state index contributed by atoms with van der Waals surface area (Å²) in [6, 6.07) is 33.3. The number of allylic oxidation sites excluding steroid dienone is 1. The van der Waals surface area contributed by atoms with E-state index in [1.165, 1.54) is 37.7 Å². The minimum absolute atomic E-state index is 0.0843. The zero-order valence-corrected chi connectivity index (χ0v) is 24.9. The van der Waals surface area contributed by atoms with Gasteiger partial charge in [0.1, 0.15) is 0 Å². The van der Waals surface area contributed by atoms with Crippen molar-refractivity contribution in [2.45, 2.75) is 38.0 Å². The highest BCUT2D eigenvalue weighted by Gasteiger charge is 2.34. The lowest BCUT2D eigenvalue weighted by Gasteiger charge is -2.22. The normalized spacial score (nSPS) is 15.3. The summed E-state index contributed by atoms with van der Waals surface area (Å²) in [6.45, 7) is 0. The minimum atomic E-state index is -0.308. The number of nitrogens with zero attached hydrogens (tertiary/aromatic N) is 1. The van der Waals surface area contributed by atoms with Crippen molar-refractivity contribution in [3.63, 3.8) is 0 Å². The first kappa shape index (κ1) is 26.7. The molecule has 214 valence electrons. The van der Waals surface area contributed by atoms with E-state index in [1.54, 1.807) is 46.2 Å². The predicted octanol–water partition coefficient (Wildman–Crippen LogP) is 9.72. The molecule has 2 aliphatic rings. The van der Waals surface area contributed by atoms with Gasteiger partial charge in [0.25, 0.3) is 5.91 Å². The molecular weight excluding hydrogens is 563 g/mol.